The Morgan fingerprint density at radius 3 is 3.00 bits per heavy atom. The molecule has 0 saturated heterocycles. The van der Waals surface area contributed by atoms with Crippen molar-refractivity contribution in [2.24, 2.45) is 0 Å². The maximum Gasteiger partial charge on any atom is 0.174 e. The highest BCUT2D eigenvalue weighted by atomic mass is 32.1. The van der Waals surface area contributed by atoms with Gasteiger partial charge in [0.2, 0.25) is 0 Å². The average Bonchev–Trinajstić information content (AvgIpc) is 2.92. The van der Waals surface area contributed by atoms with Crippen molar-refractivity contribution in [3.05, 3.63) is 23.1 Å². The Morgan fingerprint density at radius 2 is 2.22 bits per heavy atom. The van der Waals surface area contributed by atoms with Crippen molar-refractivity contribution in [1.82, 2.24) is 14.5 Å². The number of aryl methyl sites for hydroxylation is 1. The van der Waals surface area contributed by atoms with Crippen molar-refractivity contribution in [2.45, 2.75) is 38.1 Å². The SMILES string of the molecule is O=C1CCCc2nc(-c3cncn3C3CC3)sc21. The third-order valence-corrected chi connectivity index (χ3v) is 4.75. The number of ketones is 1. The molecule has 0 unspecified atom stereocenters. The minimum atomic E-state index is 0.262. The summed E-state index contributed by atoms with van der Waals surface area (Å²) < 4.78 is 2.20. The molecule has 18 heavy (non-hydrogen) atoms. The van der Waals surface area contributed by atoms with E-state index in [2.05, 4.69) is 14.5 Å². The topological polar surface area (TPSA) is 47.8 Å². The Balaban J connectivity index is 1.80. The van der Waals surface area contributed by atoms with Gasteiger partial charge in [-0.15, -0.1) is 11.3 Å². The van der Waals surface area contributed by atoms with E-state index in [1.165, 1.54) is 24.2 Å². The van der Waals surface area contributed by atoms with Crippen molar-refractivity contribution >= 4 is 17.1 Å². The third-order valence-electron chi connectivity index (χ3n) is 3.59. The summed E-state index contributed by atoms with van der Waals surface area (Å²) in [6, 6.07) is 0.596. The summed E-state index contributed by atoms with van der Waals surface area (Å²) in [5.74, 6) is 0.262. The molecule has 0 bridgehead atoms. The van der Waals surface area contributed by atoms with E-state index in [1.807, 2.05) is 12.5 Å². The lowest BCUT2D eigenvalue weighted by Crippen LogP contribution is -2.07. The molecule has 4 rings (SSSR count). The first kappa shape index (κ1) is 10.4. The molecule has 0 aromatic carbocycles. The number of hydrogen-bond acceptors (Lipinski definition) is 4. The molecule has 0 amide bonds. The Morgan fingerprint density at radius 1 is 1.33 bits per heavy atom. The van der Waals surface area contributed by atoms with Crippen LogP contribution < -0.4 is 0 Å². The highest BCUT2D eigenvalue weighted by molar-refractivity contribution is 7.17. The number of nitrogens with zero attached hydrogens (tertiary/aromatic N) is 3. The quantitative estimate of drug-likeness (QED) is 0.833. The zero-order chi connectivity index (χ0) is 12.1. The first-order valence-corrected chi connectivity index (χ1v) is 7.19. The predicted molar refractivity (Wildman–Crippen MR) is 68.9 cm³/mol. The van der Waals surface area contributed by atoms with Crippen LogP contribution in [0.2, 0.25) is 0 Å². The van der Waals surface area contributed by atoms with Crippen molar-refractivity contribution in [3.8, 4) is 10.7 Å². The molecule has 2 aliphatic carbocycles. The lowest BCUT2D eigenvalue weighted by atomic mass is 10.0. The Labute approximate surface area is 109 Å². The number of carbonyl (C=O) groups excluding carboxylic acids is 1. The monoisotopic (exact) mass is 259 g/mol. The van der Waals surface area contributed by atoms with Crippen LogP contribution in [-0.2, 0) is 6.42 Å². The normalized spacial score (nSPS) is 19.0. The van der Waals surface area contributed by atoms with E-state index in [4.69, 9.17) is 0 Å². The number of thiazole rings is 1. The maximum atomic E-state index is 11.8. The summed E-state index contributed by atoms with van der Waals surface area (Å²) in [6.45, 7) is 0. The van der Waals surface area contributed by atoms with Crippen LogP contribution in [0.4, 0.5) is 0 Å². The van der Waals surface area contributed by atoms with Crippen LogP contribution in [0.25, 0.3) is 10.7 Å². The maximum absolute atomic E-state index is 11.8. The third kappa shape index (κ3) is 1.54. The molecule has 2 heterocycles. The molecule has 0 radical (unpaired) electrons. The van der Waals surface area contributed by atoms with Crippen LogP contribution in [0.5, 0.6) is 0 Å². The van der Waals surface area contributed by atoms with E-state index in [0.29, 0.717) is 12.5 Å². The fraction of sp³-hybridized carbons (Fsp3) is 0.462. The summed E-state index contributed by atoms with van der Waals surface area (Å²) in [5, 5.41) is 0.958. The van der Waals surface area contributed by atoms with Crippen LogP contribution in [0.1, 0.15) is 47.1 Å². The number of rotatable bonds is 2. The number of carbonyl (C=O) groups is 1. The fourth-order valence-corrected chi connectivity index (χ4v) is 3.59. The molecule has 0 aliphatic heterocycles. The van der Waals surface area contributed by atoms with Crippen LogP contribution in [0.3, 0.4) is 0 Å². The number of aromatic nitrogens is 3. The van der Waals surface area contributed by atoms with Crippen molar-refractivity contribution in [2.75, 3.05) is 0 Å². The molecule has 1 saturated carbocycles. The molecule has 2 aromatic heterocycles. The number of Topliss-reactive ketones (excluding diaryl/α,β-unsaturated/α-hetero) is 1. The van der Waals surface area contributed by atoms with Crippen molar-refractivity contribution < 1.29 is 4.79 Å². The van der Waals surface area contributed by atoms with Gasteiger partial charge in [-0.2, -0.15) is 0 Å². The summed E-state index contributed by atoms with van der Waals surface area (Å²) in [7, 11) is 0. The minimum absolute atomic E-state index is 0.262. The summed E-state index contributed by atoms with van der Waals surface area (Å²) in [5.41, 5.74) is 2.07. The van der Waals surface area contributed by atoms with Gasteiger partial charge in [-0.05, 0) is 25.7 Å². The largest absolute Gasteiger partial charge is 0.326 e. The highest BCUT2D eigenvalue weighted by Crippen LogP contribution is 2.40. The Bertz CT molecular complexity index is 624. The van der Waals surface area contributed by atoms with E-state index in [9.17, 15) is 4.79 Å². The summed E-state index contributed by atoms with van der Waals surface area (Å²) in [4.78, 5) is 21.6. The molecule has 0 atom stereocenters. The van der Waals surface area contributed by atoms with Crippen LogP contribution in [0, 0.1) is 0 Å². The van der Waals surface area contributed by atoms with E-state index < -0.39 is 0 Å². The molecule has 2 aromatic rings. The zero-order valence-corrected chi connectivity index (χ0v) is 10.7. The molecule has 2 aliphatic rings. The highest BCUT2D eigenvalue weighted by Gasteiger charge is 2.28. The molecule has 0 spiro atoms. The van der Waals surface area contributed by atoms with Gasteiger partial charge in [-0.3, -0.25) is 4.79 Å². The summed E-state index contributed by atoms with van der Waals surface area (Å²) >= 11 is 1.54. The number of hydrogen-bond donors (Lipinski definition) is 0. The average molecular weight is 259 g/mol. The van der Waals surface area contributed by atoms with Gasteiger partial charge in [0, 0.05) is 12.5 Å². The molecule has 92 valence electrons. The molecule has 5 heteroatoms. The van der Waals surface area contributed by atoms with Crippen LogP contribution in [0.15, 0.2) is 12.5 Å². The second-order valence-electron chi connectivity index (χ2n) is 4.99. The molecule has 1 fully saturated rings. The van der Waals surface area contributed by atoms with Gasteiger partial charge in [0.05, 0.1) is 28.8 Å². The molecule has 0 N–H and O–H groups in total. The zero-order valence-electron chi connectivity index (χ0n) is 9.93. The lowest BCUT2D eigenvalue weighted by molar-refractivity contribution is 0.0976. The lowest BCUT2D eigenvalue weighted by Gasteiger charge is -2.06. The fourth-order valence-electron chi connectivity index (χ4n) is 2.49. The minimum Gasteiger partial charge on any atom is -0.326 e. The standard InChI is InChI=1S/C13H13N3OS/c17-11-3-1-2-9-12(11)18-13(15-9)10-6-14-7-16(10)8-4-5-8/h6-8H,1-5H2. The van der Waals surface area contributed by atoms with Gasteiger partial charge >= 0.3 is 0 Å². The molecular formula is C13H13N3OS. The number of fused-ring (bicyclic) bond motifs is 1. The van der Waals surface area contributed by atoms with Crippen LogP contribution >= 0.6 is 11.3 Å². The van der Waals surface area contributed by atoms with Gasteiger partial charge in [-0.25, -0.2) is 9.97 Å². The van der Waals surface area contributed by atoms with E-state index in [-0.39, 0.29) is 5.78 Å². The van der Waals surface area contributed by atoms with Gasteiger partial charge in [-0.1, -0.05) is 0 Å². The first-order chi connectivity index (χ1) is 8.83. The van der Waals surface area contributed by atoms with Crippen LogP contribution in [-0.4, -0.2) is 20.3 Å². The second-order valence-corrected chi connectivity index (χ2v) is 5.99. The second kappa shape index (κ2) is 3.75. The van der Waals surface area contributed by atoms with Gasteiger partial charge in [0.1, 0.15) is 5.01 Å². The van der Waals surface area contributed by atoms with Gasteiger partial charge in [0.25, 0.3) is 0 Å². The molecule has 4 nitrogen and oxygen atoms in total. The van der Waals surface area contributed by atoms with E-state index in [0.717, 1.165) is 34.1 Å². The van der Waals surface area contributed by atoms with Crippen molar-refractivity contribution in [1.29, 1.82) is 0 Å². The summed E-state index contributed by atoms with van der Waals surface area (Å²) in [6.07, 6.45) is 8.77. The first-order valence-electron chi connectivity index (χ1n) is 6.38. The Hall–Kier alpha value is -1.49. The smallest absolute Gasteiger partial charge is 0.174 e. The van der Waals surface area contributed by atoms with Gasteiger partial charge < -0.3 is 4.57 Å². The molecular weight excluding hydrogens is 246 g/mol. The van der Waals surface area contributed by atoms with Gasteiger partial charge in [0.15, 0.2) is 5.78 Å². The van der Waals surface area contributed by atoms with Crippen molar-refractivity contribution in [3.63, 3.8) is 0 Å². The Kier molecular flexibility index (Phi) is 2.17. The number of imidazole rings is 1. The van der Waals surface area contributed by atoms with E-state index >= 15 is 0 Å². The van der Waals surface area contributed by atoms with E-state index in [1.54, 1.807) is 0 Å². The predicted octanol–water partition coefficient (Wildman–Crippen LogP) is 2.86.